The highest BCUT2D eigenvalue weighted by atomic mass is 79.9. The maximum atomic E-state index is 6.19. The molecule has 0 fully saturated rings. The molecular formula is C14H10Br2Cl3NO. The number of anilines is 1. The van der Waals surface area contributed by atoms with Crippen LogP contribution in [-0.2, 0) is 6.54 Å². The molecule has 7 heteroatoms. The molecule has 2 aromatic rings. The summed E-state index contributed by atoms with van der Waals surface area (Å²) in [6.45, 7) is 0.446. The second kappa shape index (κ2) is 7.42. The Balaban J connectivity index is 2.27. The number of ether oxygens (including phenoxy) is 1. The Hall–Kier alpha value is -0.130. The van der Waals surface area contributed by atoms with Gasteiger partial charge in [-0.1, -0.05) is 34.8 Å². The van der Waals surface area contributed by atoms with Gasteiger partial charge in [-0.15, -0.1) is 0 Å². The standard InChI is InChI=1S/C14H10Br2Cl3NO/c1-21-13-5-12(8(15)4-9(13)16)20-6-7-10(17)2-3-11(18)14(7)19/h2-5,20H,6H2,1H3. The van der Waals surface area contributed by atoms with E-state index in [1.54, 1.807) is 19.2 Å². The maximum absolute atomic E-state index is 6.19. The zero-order valence-corrected chi connectivity index (χ0v) is 16.3. The Morgan fingerprint density at radius 2 is 1.71 bits per heavy atom. The number of methoxy groups -OCH3 is 1. The quantitative estimate of drug-likeness (QED) is 0.493. The predicted octanol–water partition coefficient (Wildman–Crippen LogP) is 6.79. The number of nitrogens with one attached hydrogen (secondary N) is 1. The minimum atomic E-state index is 0.446. The van der Waals surface area contributed by atoms with Crippen molar-refractivity contribution in [2.75, 3.05) is 12.4 Å². The smallest absolute Gasteiger partial charge is 0.135 e. The van der Waals surface area contributed by atoms with E-state index in [4.69, 9.17) is 39.5 Å². The molecule has 2 rings (SSSR count). The monoisotopic (exact) mass is 471 g/mol. The average Bonchev–Trinajstić information content (AvgIpc) is 2.45. The van der Waals surface area contributed by atoms with Gasteiger partial charge in [0, 0.05) is 27.7 Å². The normalized spacial score (nSPS) is 10.6. The van der Waals surface area contributed by atoms with Crippen LogP contribution >= 0.6 is 66.7 Å². The number of hydrogen-bond acceptors (Lipinski definition) is 2. The minimum Gasteiger partial charge on any atom is -0.495 e. The Morgan fingerprint density at radius 3 is 2.38 bits per heavy atom. The molecule has 0 bridgehead atoms. The Bertz CT molecular complexity index is 680. The first kappa shape index (κ1) is 17.2. The van der Waals surface area contributed by atoms with Crippen molar-refractivity contribution in [1.29, 1.82) is 0 Å². The van der Waals surface area contributed by atoms with E-state index < -0.39 is 0 Å². The molecule has 2 aromatic carbocycles. The van der Waals surface area contributed by atoms with Gasteiger partial charge in [0.2, 0.25) is 0 Å². The van der Waals surface area contributed by atoms with Gasteiger partial charge >= 0.3 is 0 Å². The molecule has 0 radical (unpaired) electrons. The van der Waals surface area contributed by atoms with Gasteiger partial charge < -0.3 is 10.1 Å². The largest absolute Gasteiger partial charge is 0.495 e. The van der Waals surface area contributed by atoms with E-state index in [-0.39, 0.29) is 0 Å². The fraction of sp³-hybridized carbons (Fsp3) is 0.143. The predicted molar refractivity (Wildman–Crippen MR) is 97.2 cm³/mol. The molecule has 0 saturated heterocycles. The molecule has 1 N–H and O–H groups in total. The molecule has 2 nitrogen and oxygen atoms in total. The lowest BCUT2D eigenvalue weighted by atomic mass is 10.2. The molecule has 0 aliphatic carbocycles. The summed E-state index contributed by atoms with van der Waals surface area (Å²) in [5, 5.41) is 4.76. The van der Waals surface area contributed by atoms with Crippen LogP contribution in [0.4, 0.5) is 5.69 Å². The van der Waals surface area contributed by atoms with Crippen molar-refractivity contribution < 1.29 is 4.74 Å². The third kappa shape index (κ3) is 3.99. The van der Waals surface area contributed by atoms with Crippen LogP contribution in [0.5, 0.6) is 5.75 Å². The molecule has 0 aliphatic rings. The summed E-state index contributed by atoms with van der Waals surface area (Å²) in [5.41, 5.74) is 1.61. The highest BCUT2D eigenvalue weighted by Crippen LogP contribution is 2.36. The van der Waals surface area contributed by atoms with E-state index in [9.17, 15) is 0 Å². The fourth-order valence-corrected chi connectivity index (χ4v) is 3.71. The molecule has 0 heterocycles. The van der Waals surface area contributed by atoms with Gasteiger partial charge in [0.05, 0.1) is 27.3 Å². The summed E-state index contributed by atoms with van der Waals surface area (Å²) in [5.74, 6) is 0.726. The van der Waals surface area contributed by atoms with E-state index >= 15 is 0 Å². The number of hydrogen-bond donors (Lipinski definition) is 1. The van der Waals surface area contributed by atoms with Gasteiger partial charge in [0.1, 0.15) is 5.75 Å². The van der Waals surface area contributed by atoms with E-state index in [2.05, 4.69) is 37.2 Å². The van der Waals surface area contributed by atoms with Crippen LogP contribution in [0.25, 0.3) is 0 Å². The van der Waals surface area contributed by atoms with Crippen LogP contribution in [-0.4, -0.2) is 7.11 Å². The second-order valence-corrected chi connectivity index (χ2v) is 7.04. The van der Waals surface area contributed by atoms with Crippen molar-refractivity contribution in [1.82, 2.24) is 0 Å². The highest BCUT2D eigenvalue weighted by Gasteiger charge is 2.11. The average molecular weight is 474 g/mol. The van der Waals surface area contributed by atoms with Crippen molar-refractivity contribution in [2.24, 2.45) is 0 Å². The molecule has 0 aromatic heterocycles. The summed E-state index contributed by atoms with van der Waals surface area (Å²) in [4.78, 5) is 0. The van der Waals surface area contributed by atoms with Gasteiger partial charge in [0.25, 0.3) is 0 Å². The van der Waals surface area contributed by atoms with Crippen LogP contribution in [0, 0.1) is 0 Å². The molecular weight excluding hydrogens is 464 g/mol. The Morgan fingerprint density at radius 1 is 1.05 bits per heavy atom. The first-order chi connectivity index (χ1) is 9.93. The second-order valence-electron chi connectivity index (χ2n) is 4.14. The fourth-order valence-electron chi connectivity index (χ4n) is 1.74. The first-order valence-corrected chi connectivity index (χ1v) is 8.55. The molecule has 112 valence electrons. The van der Waals surface area contributed by atoms with Crippen molar-refractivity contribution in [2.45, 2.75) is 6.54 Å². The molecule has 0 aliphatic heterocycles. The van der Waals surface area contributed by atoms with Crippen LogP contribution in [0.2, 0.25) is 15.1 Å². The lowest BCUT2D eigenvalue weighted by Gasteiger charge is -2.14. The topological polar surface area (TPSA) is 21.3 Å². The summed E-state index contributed by atoms with van der Waals surface area (Å²) in [6, 6.07) is 7.18. The van der Waals surface area contributed by atoms with Crippen molar-refractivity contribution in [3.63, 3.8) is 0 Å². The van der Waals surface area contributed by atoms with E-state index in [1.165, 1.54) is 0 Å². The van der Waals surface area contributed by atoms with E-state index in [0.717, 1.165) is 25.9 Å². The summed E-state index contributed by atoms with van der Waals surface area (Å²) >= 11 is 25.3. The first-order valence-electron chi connectivity index (χ1n) is 5.83. The third-order valence-electron chi connectivity index (χ3n) is 2.84. The van der Waals surface area contributed by atoms with Gasteiger partial charge in [-0.05, 0) is 50.1 Å². The highest BCUT2D eigenvalue weighted by molar-refractivity contribution is 9.11. The third-order valence-corrected chi connectivity index (χ3v) is 5.31. The minimum absolute atomic E-state index is 0.446. The molecule has 21 heavy (non-hydrogen) atoms. The lowest BCUT2D eigenvalue weighted by Crippen LogP contribution is -2.02. The SMILES string of the molecule is COc1cc(NCc2c(Cl)ccc(Cl)c2Cl)c(Br)cc1Br. The van der Waals surface area contributed by atoms with Crippen molar-refractivity contribution in [3.8, 4) is 5.75 Å². The zero-order chi connectivity index (χ0) is 15.6. The maximum Gasteiger partial charge on any atom is 0.135 e. The number of benzene rings is 2. The molecule has 0 saturated carbocycles. The van der Waals surface area contributed by atoms with Crippen LogP contribution in [0.1, 0.15) is 5.56 Å². The van der Waals surface area contributed by atoms with Crippen LogP contribution < -0.4 is 10.1 Å². The summed E-state index contributed by atoms with van der Waals surface area (Å²) in [6.07, 6.45) is 0. The molecule has 0 unspecified atom stereocenters. The Kier molecular flexibility index (Phi) is 6.09. The summed E-state index contributed by atoms with van der Waals surface area (Å²) in [7, 11) is 1.61. The molecule has 0 amide bonds. The van der Waals surface area contributed by atoms with Gasteiger partial charge in [-0.2, -0.15) is 0 Å². The number of rotatable bonds is 4. The van der Waals surface area contributed by atoms with Crippen LogP contribution in [0.15, 0.2) is 33.2 Å². The van der Waals surface area contributed by atoms with E-state index in [1.807, 2.05) is 12.1 Å². The van der Waals surface area contributed by atoms with Gasteiger partial charge in [-0.25, -0.2) is 0 Å². The van der Waals surface area contributed by atoms with Crippen LogP contribution in [0.3, 0.4) is 0 Å². The lowest BCUT2D eigenvalue weighted by molar-refractivity contribution is 0.412. The number of halogens is 5. The van der Waals surface area contributed by atoms with Gasteiger partial charge in [-0.3, -0.25) is 0 Å². The Labute approximate surface area is 155 Å². The van der Waals surface area contributed by atoms with Crippen molar-refractivity contribution >= 4 is 72.4 Å². The van der Waals surface area contributed by atoms with Crippen molar-refractivity contribution in [3.05, 3.63) is 53.8 Å². The molecule has 0 atom stereocenters. The van der Waals surface area contributed by atoms with Gasteiger partial charge in [0.15, 0.2) is 0 Å². The van der Waals surface area contributed by atoms with E-state index in [0.29, 0.717) is 21.6 Å². The zero-order valence-electron chi connectivity index (χ0n) is 10.8. The molecule has 0 spiro atoms. The summed E-state index contributed by atoms with van der Waals surface area (Å²) < 4.78 is 7.03.